The van der Waals surface area contributed by atoms with Crippen LogP contribution in [-0.4, -0.2) is 79.6 Å². The average molecular weight is 635 g/mol. The maximum atomic E-state index is 14.0. The van der Waals surface area contributed by atoms with Crippen LogP contribution in [0.15, 0.2) is 72.8 Å². The zero-order chi connectivity index (χ0) is 32.4. The summed E-state index contributed by atoms with van der Waals surface area (Å²) in [5.41, 5.74) is -0.788. The second kappa shape index (κ2) is 13.3. The van der Waals surface area contributed by atoms with Crippen molar-refractivity contribution in [3.8, 4) is 5.75 Å². The smallest absolute Gasteiger partial charge is 0.416 e. The summed E-state index contributed by atoms with van der Waals surface area (Å²) in [6, 6.07) is 18.3. The number of nitrogens with zero attached hydrogens (tertiary/aromatic N) is 4. The number of carbonyl (C=O) groups excluding carboxylic acids is 1. The third-order valence-corrected chi connectivity index (χ3v) is 8.61. The fourth-order valence-electron chi connectivity index (χ4n) is 6.25. The van der Waals surface area contributed by atoms with Gasteiger partial charge in [0.1, 0.15) is 5.75 Å². The van der Waals surface area contributed by atoms with Crippen LogP contribution in [0, 0.1) is 0 Å². The Labute approximate surface area is 258 Å². The fourth-order valence-corrected chi connectivity index (χ4v) is 6.25. The largest absolute Gasteiger partial charge is 0.495 e. The number of rotatable bonds is 8. The number of alkyl halides is 6. The molecule has 6 nitrogen and oxygen atoms in total. The van der Waals surface area contributed by atoms with Crippen molar-refractivity contribution in [2.75, 3.05) is 51.8 Å². The van der Waals surface area contributed by atoms with Crippen molar-refractivity contribution in [2.24, 2.45) is 0 Å². The molecule has 2 aliphatic heterocycles. The summed E-state index contributed by atoms with van der Waals surface area (Å²) in [4.78, 5) is 21.8. The standard InChI is InChI=1S/C33H36F6N4O2/c1-40(20-24-16-25(32(34,35)36)18-26(17-24)33(37,38)39)27-19-29(43(22-27)21-23-8-4-3-5-9-23)31(44)42-14-12-41(13-15-42)28-10-6-7-11-30(28)45-2/h3-11,16-18,27,29H,12-15,19-22H2,1-2H3/t27-,29-/m0/s1. The molecule has 0 saturated carbocycles. The van der Waals surface area contributed by atoms with E-state index in [-0.39, 0.29) is 30.1 Å². The molecule has 0 unspecified atom stereocenters. The Bertz CT molecular complexity index is 1430. The number of benzene rings is 3. The van der Waals surface area contributed by atoms with Crippen LogP contribution >= 0.6 is 0 Å². The van der Waals surface area contributed by atoms with Crippen LogP contribution in [0.25, 0.3) is 0 Å². The van der Waals surface area contributed by atoms with Crippen LogP contribution in [0.1, 0.15) is 28.7 Å². The number of ether oxygens (including phenoxy) is 1. The van der Waals surface area contributed by atoms with Gasteiger partial charge in [0.05, 0.1) is 30.0 Å². The van der Waals surface area contributed by atoms with Crippen molar-refractivity contribution in [3.63, 3.8) is 0 Å². The molecule has 1 amide bonds. The molecule has 2 heterocycles. The number of halogens is 6. The lowest BCUT2D eigenvalue weighted by Crippen LogP contribution is -2.53. The van der Waals surface area contributed by atoms with Gasteiger partial charge in [-0.05, 0) is 54.9 Å². The first-order chi connectivity index (χ1) is 21.3. The summed E-state index contributed by atoms with van der Waals surface area (Å²) < 4.78 is 86.3. The maximum absolute atomic E-state index is 14.0. The van der Waals surface area contributed by atoms with Crippen LogP contribution in [0.4, 0.5) is 32.0 Å². The molecular weight excluding hydrogens is 598 g/mol. The van der Waals surface area contributed by atoms with E-state index in [4.69, 9.17) is 4.74 Å². The summed E-state index contributed by atoms with van der Waals surface area (Å²) in [7, 11) is 3.30. The van der Waals surface area contributed by atoms with Gasteiger partial charge in [0, 0.05) is 51.9 Å². The van der Waals surface area contributed by atoms with Gasteiger partial charge in [-0.3, -0.25) is 14.6 Å². The monoisotopic (exact) mass is 634 g/mol. The van der Waals surface area contributed by atoms with E-state index in [1.54, 1.807) is 19.1 Å². The molecule has 5 rings (SSSR count). The van der Waals surface area contributed by atoms with E-state index in [1.165, 1.54) is 0 Å². The van der Waals surface area contributed by atoms with Gasteiger partial charge >= 0.3 is 12.4 Å². The van der Waals surface area contributed by atoms with Gasteiger partial charge < -0.3 is 14.5 Å². The minimum absolute atomic E-state index is 0.0278. The minimum atomic E-state index is -4.92. The summed E-state index contributed by atoms with van der Waals surface area (Å²) in [5.74, 6) is 0.732. The fraction of sp³-hybridized carbons (Fsp3) is 0.424. The molecule has 0 spiro atoms. The van der Waals surface area contributed by atoms with Crippen molar-refractivity contribution in [1.82, 2.24) is 14.7 Å². The van der Waals surface area contributed by atoms with E-state index >= 15 is 0 Å². The molecule has 2 saturated heterocycles. The van der Waals surface area contributed by atoms with Gasteiger partial charge in [0.2, 0.25) is 5.91 Å². The lowest BCUT2D eigenvalue weighted by Gasteiger charge is -2.38. The highest BCUT2D eigenvalue weighted by atomic mass is 19.4. The number of methoxy groups -OCH3 is 1. The number of amides is 1. The van der Waals surface area contributed by atoms with Gasteiger partial charge in [0.15, 0.2) is 0 Å². The van der Waals surface area contributed by atoms with Gasteiger partial charge in [-0.2, -0.15) is 26.3 Å². The Balaban J connectivity index is 1.32. The summed E-state index contributed by atoms with van der Waals surface area (Å²) in [5, 5.41) is 0. The zero-order valence-electron chi connectivity index (χ0n) is 25.1. The molecule has 45 heavy (non-hydrogen) atoms. The summed E-state index contributed by atoms with van der Waals surface area (Å²) >= 11 is 0. The highest BCUT2D eigenvalue weighted by Gasteiger charge is 2.42. The van der Waals surface area contributed by atoms with E-state index in [9.17, 15) is 31.1 Å². The maximum Gasteiger partial charge on any atom is 0.416 e. The lowest BCUT2D eigenvalue weighted by atomic mass is 10.0. The average Bonchev–Trinajstić information content (AvgIpc) is 3.44. The molecule has 12 heteroatoms. The zero-order valence-corrected chi connectivity index (χ0v) is 25.1. The first-order valence-electron chi connectivity index (χ1n) is 14.8. The van der Waals surface area contributed by atoms with E-state index in [0.29, 0.717) is 45.7 Å². The summed E-state index contributed by atoms with van der Waals surface area (Å²) in [6.07, 6.45) is -9.43. The molecule has 0 bridgehead atoms. The number of likely N-dealkylation sites (N-methyl/N-ethyl adjacent to an activating group) is 1. The van der Waals surface area contributed by atoms with Gasteiger partial charge in [-0.1, -0.05) is 42.5 Å². The number of hydrogen-bond acceptors (Lipinski definition) is 5. The molecule has 2 atom stereocenters. The predicted octanol–water partition coefficient (Wildman–Crippen LogP) is 6.16. The second-order valence-electron chi connectivity index (χ2n) is 11.6. The molecule has 2 fully saturated rings. The van der Waals surface area contributed by atoms with E-state index in [0.717, 1.165) is 29.1 Å². The third-order valence-electron chi connectivity index (χ3n) is 8.61. The Morgan fingerprint density at radius 2 is 1.44 bits per heavy atom. The Hall–Kier alpha value is -3.77. The summed E-state index contributed by atoms with van der Waals surface area (Å²) in [6.45, 7) is 3.07. The number of likely N-dealkylation sites (tertiary alicyclic amines) is 1. The topological polar surface area (TPSA) is 39.3 Å². The van der Waals surface area contributed by atoms with Crippen LogP contribution in [0.2, 0.25) is 0 Å². The van der Waals surface area contributed by atoms with Crippen molar-refractivity contribution in [2.45, 2.75) is 43.9 Å². The molecule has 0 radical (unpaired) electrons. The van der Waals surface area contributed by atoms with Crippen molar-refractivity contribution >= 4 is 11.6 Å². The van der Waals surface area contributed by atoms with Crippen molar-refractivity contribution in [1.29, 1.82) is 0 Å². The van der Waals surface area contributed by atoms with Gasteiger partial charge in [0.25, 0.3) is 0 Å². The molecule has 3 aromatic carbocycles. The molecule has 2 aliphatic rings. The molecule has 242 valence electrons. The third kappa shape index (κ3) is 7.73. The highest BCUT2D eigenvalue weighted by Crippen LogP contribution is 2.37. The predicted molar refractivity (Wildman–Crippen MR) is 159 cm³/mol. The normalized spacial score (nSPS) is 19.8. The quantitative estimate of drug-likeness (QED) is 0.278. The number of anilines is 1. The number of para-hydroxylation sites is 2. The van der Waals surface area contributed by atoms with Crippen LogP contribution in [0.3, 0.4) is 0 Å². The minimum Gasteiger partial charge on any atom is -0.495 e. The van der Waals surface area contributed by atoms with E-state index < -0.39 is 29.5 Å². The lowest BCUT2D eigenvalue weighted by molar-refractivity contribution is -0.143. The Morgan fingerprint density at radius 3 is 2.04 bits per heavy atom. The van der Waals surface area contributed by atoms with Crippen LogP contribution in [0.5, 0.6) is 5.75 Å². The SMILES string of the molecule is COc1ccccc1N1CCN(C(=O)[C@@H]2C[C@H](N(C)Cc3cc(C(F)(F)F)cc(C(F)(F)F)c3)CN2Cc2ccccc2)CC1. The molecule has 0 aromatic heterocycles. The van der Waals surface area contributed by atoms with Crippen LogP contribution in [-0.2, 0) is 30.2 Å². The number of piperazine rings is 1. The first-order valence-corrected chi connectivity index (χ1v) is 14.8. The van der Waals surface area contributed by atoms with Crippen molar-refractivity contribution in [3.05, 3.63) is 95.1 Å². The van der Waals surface area contributed by atoms with E-state index in [2.05, 4.69) is 9.80 Å². The Morgan fingerprint density at radius 1 is 0.844 bits per heavy atom. The molecular formula is C33H36F6N4O2. The van der Waals surface area contributed by atoms with E-state index in [1.807, 2.05) is 59.5 Å². The number of carbonyl (C=O) groups is 1. The second-order valence-corrected chi connectivity index (χ2v) is 11.6. The molecule has 3 aromatic rings. The highest BCUT2D eigenvalue weighted by molar-refractivity contribution is 5.82. The molecule has 0 N–H and O–H groups in total. The van der Waals surface area contributed by atoms with Gasteiger partial charge in [-0.25, -0.2) is 0 Å². The van der Waals surface area contributed by atoms with Crippen LogP contribution < -0.4 is 9.64 Å². The first kappa shape index (κ1) is 32.6. The van der Waals surface area contributed by atoms with Crippen molar-refractivity contribution < 1.29 is 35.9 Å². The number of hydrogen-bond donors (Lipinski definition) is 0. The van der Waals surface area contributed by atoms with Gasteiger partial charge in [-0.15, -0.1) is 0 Å². The Kier molecular flexibility index (Phi) is 9.64. The molecule has 0 aliphatic carbocycles.